The molecule has 0 radical (unpaired) electrons. The average molecular weight is 352 g/mol. The van der Waals surface area contributed by atoms with E-state index in [2.05, 4.69) is 4.72 Å². The fourth-order valence-corrected chi connectivity index (χ4v) is 3.19. The van der Waals surface area contributed by atoms with Gasteiger partial charge in [-0.2, -0.15) is 0 Å². The van der Waals surface area contributed by atoms with Crippen molar-refractivity contribution in [3.05, 3.63) is 35.2 Å². The summed E-state index contributed by atoms with van der Waals surface area (Å²) >= 11 is 0. The second-order valence-corrected chi connectivity index (χ2v) is 7.60. The number of amides is 2. The second kappa shape index (κ2) is 8.19. The predicted molar refractivity (Wildman–Crippen MR) is 94.1 cm³/mol. The Hall–Kier alpha value is -2.02. The lowest BCUT2D eigenvalue weighted by atomic mass is 10.1. The lowest BCUT2D eigenvalue weighted by Gasteiger charge is -2.26. The van der Waals surface area contributed by atoms with Crippen molar-refractivity contribution in [2.45, 2.75) is 39.2 Å². The third-order valence-corrected chi connectivity index (χ3v) is 4.52. The molecule has 0 unspecified atom stereocenters. The van der Waals surface area contributed by atoms with Gasteiger partial charge < -0.3 is 9.64 Å². The topological polar surface area (TPSA) is 75.7 Å². The highest BCUT2D eigenvalue weighted by atomic mass is 32.2. The zero-order chi connectivity index (χ0) is 17.6. The summed E-state index contributed by atoms with van der Waals surface area (Å²) in [6, 6.07) is 6.52. The number of likely N-dealkylation sites (tertiary alicyclic amines) is 1. The maximum Gasteiger partial charge on any atom is 0.331 e. The van der Waals surface area contributed by atoms with Gasteiger partial charge in [0.25, 0.3) is 10.0 Å². The standard InChI is InChI=1S/C17H24N2O4S/c1-14(2)23-16-8-6-15(7-9-16)10-13-24(21,22)18-17(20)19-11-4-3-5-12-19/h6-10,13-14H,3-5,11-12H2,1-2H3,(H,18,20)/b13-10+. The van der Waals surface area contributed by atoms with Crippen LogP contribution in [0, 0.1) is 0 Å². The number of sulfonamides is 1. The Balaban J connectivity index is 1.94. The number of nitrogens with zero attached hydrogens (tertiary/aromatic N) is 1. The van der Waals surface area contributed by atoms with E-state index in [-0.39, 0.29) is 6.10 Å². The van der Waals surface area contributed by atoms with Crippen molar-refractivity contribution in [1.82, 2.24) is 9.62 Å². The van der Waals surface area contributed by atoms with E-state index >= 15 is 0 Å². The molecule has 0 aromatic heterocycles. The van der Waals surface area contributed by atoms with Crippen LogP contribution in [0.25, 0.3) is 6.08 Å². The fraction of sp³-hybridized carbons (Fsp3) is 0.471. The molecule has 1 aromatic rings. The molecular formula is C17H24N2O4S. The largest absolute Gasteiger partial charge is 0.491 e. The molecule has 0 aliphatic carbocycles. The maximum atomic E-state index is 12.0. The number of urea groups is 1. The van der Waals surface area contributed by atoms with Gasteiger partial charge in [-0.1, -0.05) is 12.1 Å². The number of hydrogen-bond donors (Lipinski definition) is 1. The first-order valence-corrected chi connectivity index (χ1v) is 9.67. The number of rotatable bonds is 5. The zero-order valence-corrected chi connectivity index (χ0v) is 14.9. The zero-order valence-electron chi connectivity index (χ0n) is 14.1. The number of nitrogens with one attached hydrogen (secondary N) is 1. The molecule has 0 atom stereocenters. The van der Waals surface area contributed by atoms with Crippen LogP contribution < -0.4 is 9.46 Å². The fourth-order valence-electron chi connectivity index (χ4n) is 2.42. The minimum atomic E-state index is -3.81. The Labute approximate surface area is 143 Å². The Morgan fingerprint density at radius 3 is 2.38 bits per heavy atom. The Kier molecular flexibility index (Phi) is 6.25. The van der Waals surface area contributed by atoms with Gasteiger partial charge in [-0.15, -0.1) is 0 Å². The molecule has 0 spiro atoms. The molecule has 1 heterocycles. The number of carbonyl (C=O) groups excluding carboxylic acids is 1. The summed E-state index contributed by atoms with van der Waals surface area (Å²) in [5, 5.41) is 1.01. The van der Waals surface area contributed by atoms with E-state index in [1.54, 1.807) is 24.3 Å². The van der Waals surface area contributed by atoms with Crippen molar-refractivity contribution >= 4 is 22.1 Å². The van der Waals surface area contributed by atoms with Gasteiger partial charge in [0, 0.05) is 13.1 Å². The van der Waals surface area contributed by atoms with Gasteiger partial charge in [-0.3, -0.25) is 0 Å². The van der Waals surface area contributed by atoms with Crippen LogP contribution in [0.4, 0.5) is 4.79 Å². The van der Waals surface area contributed by atoms with E-state index in [1.165, 1.54) is 11.0 Å². The Morgan fingerprint density at radius 2 is 1.79 bits per heavy atom. The molecule has 7 heteroatoms. The van der Waals surface area contributed by atoms with Crippen molar-refractivity contribution in [1.29, 1.82) is 0 Å². The van der Waals surface area contributed by atoms with Gasteiger partial charge >= 0.3 is 6.03 Å². The van der Waals surface area contributed by atoms with Gasteiger partial charge in [-0.25, -0.2) is 17.9 Å². The predicted octanol–water partition coefficient (Wildman–Crippen LogP) is 2.97. The minimum Gasteiger partial charge on any atom is -0.491 e. The van der Waals surface area contributed by atoms with Crippen LogP contribution in [-0.2, 0) is 10.0 Å². The number of piperidine rings is 1. The first-order valence-electron chi connectivity index (χ1n) is 8.12. The molecule has 0 bridgehead atoms. The highest BCUT2D eigenvalue weighted by molar-refractivity contribution is 7.93. The quantitative estimate of drug-likeness (QED) is 0.884. The molecule has 1 N–H and O–H groups in total. The van der Waals surface area contributed by atoms with E-state index in [4.69, 9.17) is 4.74 Å². The van der Waals surface area contributed by atoms with Crippen molar-refractivity contribution in [2.24, 2.45) is 0 Å². The normalized spacial score (nSPS) is 15.7. The van der Waals surface area contributed by atoms with E-state index in [0.717, 1.165) is 30.4 Å². The third-order valence-electron chi connectivity index (χ3n) is 3.56. The summed E-state index contributed by atoms with van der Waals surface area (Å²) < 4.78 is 31.6. The van der Waals surface area contributed by atoms with E-state index < -0.39 is 16.1 Å². The van der Waals surface area contributed by atoms with Crippen molar-refractivity contribution in [3.8, 4) is 5.75 Å². The van der Waals surface area contributed by atoms with Gasteiger partial charge in [-0.05, 0) is 56.9 Å². The first kappa shape index (κ1) is 18.3. The molecule has 132 valence electrons. The molecule has 2 amide bonds. The Morgan fingerprint density at radius 1 is 1.17 bits per heavy atom. The summed E-state index contributed by atoms with van der Waals surface area (Å²) in [6.07, 6.45) is 4.43. The lowest BCUT2D eigenvalue weighted by molar-refractivity contribution is 0.192. The van der Waals surface area contributed by atoms with Crippen LogP contribution in [-0.4, -0.2) is 38.5 Å². The molecule has 0 saturated carbocycles. The molecule has 1 fully saturated rings. The van der Waals surface area contributed by atoms with Crippen LogP contribution in [0.5, 0.6) is 5.75 Å². The smallest absolute Gasteiger partial charge is 0.331 e. The SMILES string of the molecule is CC(C)Oc1ccc(/C=C/S(=O)(=O)NC(=O)N2CCCCC2)cc1. The summed E-state index contributed by atoms with van der Waals surface area (Å²) in [5.74, 6) is 0.725. The van der Waals surface area contributed by atoms with Gasteiger partial charge in [0.05, 0.1) is 11.5 Å². The first-order chi connectivity index (χ1) is 11.4. The third kappa shape index (κ3) is 5.88. The van der Waals surface area contributed by atoms with Crippen molar-refractivity contribution in [3.63, 3.8) is 0 Å². The van der Waals surface area contributed by atoms with E-state index in [0.29, 0.717) is 18.7 Å². The lowest BCUT2D eigenvalue weighted by Crippen LogP contribution is -2.44. The van der Waals surface area contributed by atoms with Crippen LogP contribution in [0.3, 0.4) is 0 Å². The molecule has 1 aromatic carbocycles. The van der Waals surface area contributed by atoms with Crippen LogP contribution in [0.15, 0.2) is 29.7 Å². The van der Waals surface area contributed by atoms with Crippen LogP contribution >= 0.6 is 0 Å². The van der Waals surface area contributed by atoms with E-state index in [9.17, 15) is 13.2 Å². The average Bonchev–Trinajstić information content (AvgIpc) is 2.54. The highest BCUT2D eigenvalue weighted by Gasteiger charge is 2.20. The number of hydrogen-bond acceptors (Lipinski definition) is 4. The summed E-state index contributed by atoms with van der Waals surface area (Å²) in [5.41, 5.74) is 0.710. The minimum absolute atomic E-state index is 0.0803. The second-order valence-electron chi connectivity index (χ2n) is 6.04. The van der Waals surface area contributed by atoms with Gasteiger partial charge in [0.2, 0.25) is 0 Å². The molecule has 1 saturated heterocycles. The maximum absolute atomic E-state index is 12.0. The molecule has 1 aliphatic rings. The van der Waals surface area contributed by atoms with E-state index in [1.807, 2.05) is 13.8 Å². The molecule has 1 aliphatic heterocycles. The molecular weight excluding hydrogens is 328 g/mol. The number of ether oxygens (including phenoxy) is 1. The summed E-state index contributed by atoms with van der Waals surface area (Å²) in [7, 11) is -3.81. The molecule has 6 nitrogen and oxygen atoms in total. The van der Waals surface area contributed by atoms with Crippen molar-refractivity contribution < 1.29 is 17.9 Å². The van der Waals surface area contributed by atoms with Crippen LogP contribution in [0.2, 0.25) is 0 Å². The summed E-state index contributed by atoms with van der Waals surface area (Å²) in [6.45, 7) is 5.07. The van der Waals surface area contributed by atoms with Crippen molar-refractivity contribution in [2.75, 3.05) is 13.1 Å². The summed E-state index contributed by atoms with van der Waals surface area (Å²) in [4.78, 5) is 13.5. The number of carbonyl (C=O) groups is 1. The Bertz CT molecular complexity index is 675. The molecule has 24 heavy (non-hydrogen) atoms. The highest BCUT2D eigenvalue weighted by Crippen LogP contribution is 2.15. The monoisotopic (exact) mass is 352 g/mol. The van der Waals surface area contributed by atoms with Gasteiger partial charge in [0.1, 0.15) is 5.75 Å². The number of benzene rings is 1. The molecule has 2 rings (SSSR count). The van der Waals surface area contributed by atoms with Gasteiger partial charge in [0.15, 0.2) is 0 Å². The van der Waals surface area contributed by atoms with Crippen LogP contribution in [0.1, 0.15) is 38.7 Å².